The zero-order valence-corrected chi connectivity index (χ0v) is 12.5. The minimum absolute atomic E-state index is 0. The zero-order chi connectivity index (χ0) is 14.3. The molecular formula is C12H20Cl2N2O4. The lowest BCUT2D eigenvalue weighted by Crippen LogP contribution is -2.08. The van der Waals surface area contributed by atoms with Crippen LogP contribution in [-0.2, 0) is 0 Å². The third-order valence-corrected chi connectivity index (χ3v) is 2.63. The highest BCUT2D eigenvalue weighted by Gasteiger charge is 2.16. The van der Waals surface area contributed by atoms with E-state index in [4.69, 9.17) is 42.8 Å². The molecule has 0 radical (unpaired) electrons. The zero-order valence-electron chi connectivity index (χ0n) is 11.0. The predicted molar refractivity (Wildman–Crippen MR) is 81.9 cm³/mol. The van der Waals surface area contributed by atoms with E-state index in [-0.39, 0.29) is 31.3 Å². The van der Waals surface area contributed by atoms with Crippen LogP contribution in [0.5, 0.6) is 11.5 Å². The van der Waals surface area contributed by atoms with Gasteiger partial charge in [0.25, 0.3) is 0 Å². The number of hydrogen-bond acceptors (Lipinski definition) is 6. The second kappa shape index (κ2) is 9.77. The normalized spacial score (nSPS) is 9.95. The van der Waals surface area contributed by atoms with E-state index < -0.39 is 0 Å². The molecule has 1 rings (SSSR count). The maximum Gasteiger partial charge on any atom is 0.168 e. The van der Waals surface area contributed by atoms with Crippen LogP contribution in [0.1, 0.15) is 12.8 Å². The first kappa shape index (κ1) is 18.9. The Balaban J connectivity index is 0.00000361. The molecule has 1 aromatic carbocycles. The van der Waals surface area contributed by atoms with Crippen molar-refractivity contribution >= 4 is 35.4 Å². The fourth-order valence-corrected chi connectivity index (χ4v) is 1.71. The van der Waals surface area contributed by atoms with Gasteiger partial charge in [-0.2, -0.15) is 0 Å². The fourth-order valence-electron chi connectivity index (χ4n) is 1.44. The number of halogens is 2. The van der Waals surface area contributed by atoms with Gasteiger partial charge < -0.3 is 31.2 Å². The summed E-state index contributed by atoms with van der Waals surface area (Å²) in [4.78, 5) is 0. The number of aliphatic hydroxyl groups excluding tert-OH is 2. The lowest BCUT2D eigenvalue weighted by molar-refractivity contribution is 0.229. The monoisotopic (exact) mass is 326 g/mol. The summed E-state index contributed by atoms with van der Waals surface area (Å²) in [6.45, 7) is 0.628. The highest BCUT2D eigenvalue weighted by Crippen LogP contribution is 2.42. The van der Waals surface area contributed by atoms with Gasteiger partial charge >= 0.3 is 0 Å². The molecule has 0 aromatic heterocycles. The molecular weight excluding hydrogens is 307 g/mol. The van der Waals surface area contributed by atoms with E-state index in [0.717, 1.165) is 0 Å². The van der Waals surface area contributed by atoms with Gasteiger partial charge in [-0.3, -0.25) is 0 Å². The van der Waals surface area contributed by atoms with E-state index in [0.29, 0.717) is 48.3 Å². The quantitative estimate of drug-likeness (QED) is 0.425. The first-order valence-electron chi connectivity index (χ1n) is 5.96. The van der Waals surface area contributed by atoms with Gasteiger partial charge in [0.1, 0.15) is 5.69 Å². The summed E-state index contributed by atoms with van der Waals surface area (Å²) in [5.41, 5.74) is 12.2. The Labute approximate surface area is 129 Å². The van der Waals surface area contributed by atoms with E-state index in [9.17, 15) is 0 Å². The van der Waals surface area contributed by atoms with Crippen LogP contribution in [0.4, 0.5) is 11.4 Å². The van der Waals surface area contributed by atoms with E-state index in [1.165, 1.54) is 6.07 Å². The maximum absolute atomic E-state index is 8.71. The van der Waals surface area contributed by atoms with Crippen molar-refractivity contribution < 1.29 is 19.7 Å². The topological polar surface area (TPSA) is 111 Å². The molecule has 6 N–H and O–H groups in total. The Hall–Kier alpha value is -1.08. The molecule has 20 heavy (non-hydrogen) atoms. The Morgan fingerprint density at radius 2 is 1.50 bits per heavy atom. The molecule has 0 saturated heterocycles. The molecule has 0 aliphatic rings. The lowest BCUT2D eigenvalue weighted by atomic mass is 10.2. The van der Waals surface area contributed by atoms with Crippen molar-refractivity contribution in [3.8, 4) is 11.5 Å². The molecule has 116 valence electrons. The molecule has 0 atom stereocenters. The van der Waals surface area contributed by atoms with E-state index in [1.54, 1.807) is 0 Å². The number of benzene rings is 1. The lowest BCUT2D eigenvalue weighted by Gasteiger charge is -2.16. The van der Waals surface area contributed by atoms with Crippen LogP contribution in [0, 0.1) is 0 Å². The number of aliphatic hydroxyl groups is 2. The number of hydrogen-bond donors (Lipinski definition) is 4. The summed E-state index contributed by atoms with van der Waals surface area (Å²) in [5.74, 6) is 0.597. The second-order valence-electron chi connectivity index (χ2n) is 3.87. The highest BCUT2D eigenvalue weighted by atomic mass is 35.5. The first-order chi connectivity index (χ1) is 9.11. The summed E-state index contributed by atoms with van der Waals surface area (Å²) in [7, 11) is 0. The van der Waals surface area contributed by atoms with Crippen molar-refractivity contribution in [2.24, 2.45) is 0 Å². The molecule has 0 amide bonds. The van der Waals surface area contributed by atoms with Crippen LogP contribution in [0.3, 0.4) is 0 Å². The van der Waals surface area contributed by atoms with Gasteiger partial charge in [-0.25, -0.2) is 0 Å². The molecule has 0 fully saturated rings. The SMILES string of the molecule is Cl.Nc1cc(Cl)c(OCCCO)c(N)c1OCCCO. The van der Waals surface area contributed by atoms with Gasteiger partial charge in [0.15, 0.2) is 11.5 Å². The number of ether oxygens (including phenoxy) is 2. The van der Waals surface area contributed by atoms with Crippen molar-refractivity contribution in [3.05, 3.63) is 11.1 Å². The molecule has 6 nitrogen and oxygen atoms in total. The van der Waals surface area contributed by atoms with Crippen molar-refractivity contribution in [2.75, 3.05) is 37.9 Å². The Morgan fingerprint density at radius 3 is 2.00 bits per heavy atom. The van der Waals surface area contributed by atoms with Crippen molar-refractivity contribution in [1.82, 2.24) is 0 Å². The van der Waals surface area contributed by atoms with E-state index in [2.05, 4.69) is 0 Å². The molecule has 1 aromatic rings. The molecule has 0 heterocycles. The van der Waals surface area contributed by atoms with Gasteiger partial charge in [0.05, 0.1) is 23.9 Å². The minimum Gasteiger partial charge on any atom is -0.490 e. The number of nitrogens with two attached hydrogens (primary N) is 2. The average Bonchev–Trinajstić information content (AvgIpc) is 2.37. The third kappa shape index (κ3) is 5.13. The molecule has 0 aliphatic carbocycles. The number of nitrogen functional groups attached to an aromatic ring is 2. The Kier molecular flexibility index (Phi) is 9.24. The van der Waals surface area contributed by atoms with Crippen LogP contribution in [-0.4, -0.2) is 36.6 Å². The molecule has 0 bridgehead atoms. The highest BCUT2D eigenvalue weighted by molar-refractivity contribution is 6.33. The summed E-state index contributed by atoms with van der Waals surface area (Å²) in [6, 6.07) is 1.50. The van der Waals surface area contributed by atoms with Gasteiger partial charge in [0.2, 0.25) is 0 Å². The van der Waals surface area contributed by atoms with Crippen LogP contribution in [0.25, 0.3) is 0 Å². The van der Waals surface area contributed by atoms with Crippen LogP contribution < -0.4 is 20.9 Å². The van der Waals surface area contributed by atoms with Crippen molar-refractivity contribution in [3.63, 3.8) is 0 Å². The molecule has 0 unspecified atom stereocenters. The fraction of sp³-hybridized carbons (Fsp3) is 0.500. The van der Waals surface area contributed by atoms with Crippen molar-refractivity contribution in [1.29, 1.82) is 0 Å². The van der Waals surface area contributed by atoms with Gasteiger partial charge in [0, 0.05) is 26.1 Å². The molecule has 0 aliphatic heterocycles. The summed E-state index contributed by atoms with van der Waals surface area (Å²) in [5, 5.41) is 17.7. The van der Waals surface area contributed by atoms with E-state index >= 15 is 0 Å². The van der Waals surface area contributed by atoms with E-state index in [1.807, 2.05) is 0 Å². The maximum atomic E-state index is 8.71. The molecule has 8 heteroatoms. The standard InChI is InChI=1S/C12H19ClN2O4.ClH/c13-8-7-9(14)12(19-6-2-4-17)10(15)11(8)18-5-1-3-16;/h7,16-17H,1-6,14-15H2;1H. The van der Waals surface area contributed by atoms with Crippen LogP contribution >= 0.6 is 24.0 Å². The smallest absolute Gasteiger partial charge is 0.168 e. The molecule has 0 spiro atoms. The molecule has 0 saturated carbocycles. The summed E-state index contributed by atoms with van der Waals surface area (Å²) < 4.78 is 10.8. The number of anilines is 2. The summed E-state index contributed by atoms with van der Waals surface area (Å²) in [6.07, 6.45) is 0.947. The third-order valence-electron chi connectivity index (χ3n) is 2.35. The largest absolute Gasteiger partial charge is 0.490 e. The second-order valence-corrected chi connectivity index (χ2v) is 4.28. The first-order valence-corrected chi connectivity index (χ1v) is 6.34. The van der Waals surface area contributed by atoms with Crippen LogP contribution in [0.15, 0.2) is 6.07 Å². The van der Waals surface area contributed by atoms with Gasteiger partial charge in [-0.05, 0) is 6.07 Å². The predicted octanol–water partition coefficient (Wildman–Crippen LogP) is 1.45. The van der Waals surface area contributed by atoms with Crippen molar-refractivity contribution in [2.45, 2.75) is 12.8 Å². The minimum atomic E-state index is 0. The number of rotatable bonds is 8. The van der Waals surface area contributed by atoms with Gasteiger partial charge in [-0.15, -0.1) is 12.4 Å². The Morgan fingerprint density at radius 1 is 1.00 bits per heavy atom. The van der Waals surface area contributed by atoms with Crippen LogP contribution in [0.2, 0.25) is 5.02 Å². The average molecular weight is 327 g/mol. The Bertz CT molecular complexity index is 385. The van der Waals surface area contributed by atoms with Gasteiger partial charge in [-0.1, -0.05) is 11.6 Å². The summed E-state index contributed by atoms with van der Waals surface area (Å²) >= 11 is 6.00.